The number of nitrogens with two attached hydrogens (primary N) is 2. The average molecular weight is 346 g/mol. The van der Waals surface area contributed by atoms with Crippen molar-refractivity contribution in [2.75, 3.05) is 6.54 Å². The van der Waals surface area contributed by atoms with Crippen molar-refractivity contribution >= 4 is 28.3 Å². The fourth-order valence-corrected chi connectivity index (χ4v) is 2.22. The molecule has 0 radical (unpaired) electrons. The van der Waals surface area contributed by atoms with Gasteiger partial charge >= 0.3 is 0 Å². The first-order valence-electron chi connectivity index (χ1n) is 4.79. The first-order valence-corrected chi connectivity index (χ1v) is 5.87. The molecule has 0 aliphatic heterocycles. The summed E-state index contributed by atoms with van der Waals surface area (Å²) in [7, 11) is 0. The van der Waals surface area contributed by atoms with Crippen molar-refractivity contribution in [1.82, 2.24) is 0 Å². The standard InChI is InChI=1S/C10H11IN4O2/c11-10(14,3-4-12)8-2-1-7(6-13)5-9(8)15(16)17/h1-2,5H,3-4,12,14H2. The molecule has 0 saturated heterocycles. The molecule has 0 fully saturated rings. The Bertz CT molecular complexity index is 482. The Balaban J connectivity index is 3.34. The van der Waals surface area contributed by atoms with Gasteiger partial charge in [0.05, 0.1) is 22.1 Å². The van der Waals surface area contributed by atoms with E-state index in [2.05, 4.69) is 0 Å². The Labute approximate surface area is 112 Å². The molecule has 17 heavy (non-hydrogen) atoms. The highest BCUT2D eigenvalue weighted by Crippen LogP contribution is 2.36. The van der Waals surface area contributed by atoms with E-state index in [9.17, 15) is 10.1 Å². The summed E-state index contributed by atoms with van der Waals surface area (Å²) in [5.74, 6) is 0. The van der Waals surface area contributed by atoms with Crippen molar-refractivity contribution in [3.8, 4) is 6.07 Å². The number of halogens is 1. The van der Waals surface area contributed by atoms with Crippen LogP contribution in [0.4, 0.5) is 5.69 Å². The summed E-state index contributed by atoms with van der Waals surface area (Å²) < 4.78 is -0.900. The van der Waals surface area contributed by atoms with Gasteiger partial charge in [0.1, 0.15) is 3.55 Å². The Hall–Kier alpha value is -1.24. The van der Waals surface area contributed by atoms with Gasteiger partial charge in [-0.05, 0) is 25.1 Å². The SMILES string of the molecule is N#Cc1ccc(C(N)(I)CCN)c([N+](=O)[O-])c1. The lowest BCUT2D eigenvalue weighted by molar-refractivity contribution is -0.385. The molecule has 6 nitrogen and oxygen atoms in total. The van der Waals surface area contributed by atoms with Crippen molar-refractivity contribution in [2.45, 2.75) is 9.97 Å². The van der Waals surface area contributed by atoms with Gasteiger partial charge in [0, 0.05) is 6.07 Å². The highest BCUT2D eigenvalue weighted by atomic mass is 127. The van der Waals surface area contributed by atoms with Gasteiger partial charge in [-0.25, -0.2) is 0 Å². The summed E-state index contributed by atoms with van der Waals surface area (Å²) in [5.41, 5.74) is 11.9. The van der Waals surface area contributed by atoms with Gasteiger partial charge < -0.3 is 11.5 Å². The number of nitriles is 1. The van der Waals surface area contributed by atoms with Crippen LogP contribution < -0.4 is 11.5 Å². The number of hydrogen-bond donors (Lipinski definition) is 2. The van der Waals surface area contributed by atoms with Crippen LogP contribution in [0, 0.1) is 21.4 Å². The summed E-state index contributed by atoms with van der Waals surface area (Å²) in [6.45, 7) is 0.330. The highest BCUT2D eigenvalue weighted by Gasteiger charge is 2.30. The van der Waals surface area contributed by atoms with E-state index in [0.29, 0.717) is 18.5 Å². The van der Waals surface area contributed by atoms with Gasteiger partial charge in [0.25, 0.3) is 5.69 Å². The van der Waals surface area contributed by atoms with Gasteiger partial charge in [0.15, 0.2) is 0 Å². The van der Waals surface area contributed by atoms with Crippen LogP contribution in [0.1, 0.15) is 17.5 Å². The Morgan fingerprint density at radius 1 is 1.59 bits per heavy atom. The lowest BCUT2D eigenvalue weighted by Crippen LogP contribution is -2.32. The monoisotopic (exact) mass is 346 g/mol. The van der Waals surface area contributed by atoms with Crippen LogP contribution >= 0.6 is 22.6 Å². The average Bonchev–Trinajstić information content (AvgIpc) is 2.28. The summed E-state index contributed by atoms with van der Waals surface area (Å²) in [6.07, 6.45) is 0.417. The van der Waals surface area contributed by atoms with E-state index in [1.54, 1.807) is 0 Å². The van der Waals surface area contributed by atoms with Gasteiger partial charge in [-0.2, -0.15) is 5.26 Å². The van der Waals surface area contributed by atoms with E-state index in [1.165, 1.54) is 18.2 Å². The number of nitrogens with zero attached hydrogens (tertiary/aromatic N) is 2. The minimum atomic E-state index is -0.900. The predicted molar refractivity (Wildman–Crippen MR) is 71.4 cm³/mol. The van der Waals surface area contributed by atoms with Crippen LogP contribution in [0.3, 0.4) is 0 Å². The van der Waals surface area contributed by atoms with Gasteiger partial charge in [-0.3, -0.25) is 10.1 Å². The molecule has 1 atom stereocenters. The highest BCUT2D eigenvalue weighted by molar-refractivity contribution is 14.1. The third-order valence-corrected chi connectivity index (χ3v) is 3.40. The first-order chi connectivity index (χ1) is 7.92. The fraction of sp³-hybridized carbons (Fsp3) is 0.300. The van der Waals surface area contributed by atoms with Crippen molar-refractivity contribution in [2.24, 2.45) is 11.5 Å². The molecule has 0 amide bonds. The zero-order valence-electron chi connectivity index (χ0n) is 8.89. The first kappa shape index (κ1) is 13.8. The van der Waals surface area contributed by atoms with E-state index in [1.807, 2.05) is 28.7 Å². The van der Waals surface area contributed by atoms with E-state index in [0.717, 1.165) is 0 Å². The van der Waals surface area contributed by atoms with Crippen molar-refractivity contribution < 1.29 is 4.92 Å². The summed E-state index contributed by atoms with van der Waals surface area (Å²) in [6, 6.07) is 6.11. The molecule has 0 aliphatic carbocycles. The molecular weight excluding hydrogens is 335 g/mol. The zero-order chi connectivity index (χ0) is 13.1. The maximum Gasteiger partial charge on any atom is 0.276 e. The number of rotatable bonds is 4. The third-order valence-electron chi connectivity index (χ3n) is 2.28. The van der Waals surface area contributed by atoms with Crippen LogP contribution in [0.2, 0.25) is 0 Å². The molecule has 1 unspecified atom stereocenters. The number of nitro groups is 1. The maximum atomic E-state index is 10.9. The summed E-state index contributed by atoms with van der Waals surface area (Å²) in [4.78, 5) is 10.4. The van der Waals surface area contributed by atoms with Gasteiger partial charge in [-0.15, -0.1) is 0 Å². The van der Waals surface area contributed by atoms with Gasteiger partial charge in [0.2, 0.25) is 0 Å². The van der Waals surface area contributed by atoms with Crippen LogP contribution in [-0.2, 0) is 3.55 Å². The zero-order valence-corrected chi connectivity index (χ0v) is 11.0. The molecule has 0 spiro atoms. The molecule has 0 aliphatic rings. The van der Waals surface area contributed by atoms with Crippen molar-refractivity contribution in [1.29, 1.82) is 5.26 Å². The molecule has 4 N–H and O–H groups in total. The van der Waals surface area contributed by atoms with Crippen molar-refractivity contribution in [3.05, 3.63) is 39.4 Å². The van der Waals surface area contributed by atoms with Crippen LogP contribution in [0.25, 0.3) is 0 Å². The maximum absolute atomic E-state index is 10.9. The second kappa shape index (κ2) is 5.39. The van der Waals surface area contributed by atoms with E-state index < -0.39 is 8.47 Å². The molecule has 0 aromatic heterocycles. The van der Waals surface area contributed by atoms with Crippen LogP contribution in [0.15, 0.2) is 18.2 Å². The molecular formula is C10H11IN4O2. The van der Waals surface area contributed by atoms with E-state index >= 15 is 0 Å². The summed E-state index contributed by atoms with van der Waals surface area (Å²) >= 11 is 1.93. The lowest BCUT2D eigenvalue weighted by Gasteiger charge is -2.22. The molecule has 90 valence electrons. The third kappa shape index (κ3) is 3.12. The molecule has 0 saturated carbocycles. The minimum Gasteiger partial charge on any atom is -0.330 e. The molecule has 0 heterocycles. The minimum absolute atomic E-state index is 0.144. The summed E-state index contributed by atoms with van der Waals surface area (Å²) in [5, 5.41) is 19.7. The van der Waals surface area contributed by atoms with E-state index in [-0.39, 0.29) is 11.3 Å². The normalized spacial score (nSPS) is 13.8. The molecule has 0 bridgehead atoms. The molecule has 1 aromatic rings. The number of hydrogen-bond acceptors (Lipinski definition) is 5. The van der Waals surface area contributed by atoms with E-state index in [4.69, 9.17) is 16.7 Å². The van der Waals surface area contributed by atoms with Crippen LogP contribution in [0.5, 0.6) is 0 Å². The number of nitro benzene ring substituents is 1. The number of alkyl halides is 1. The largest absolute Gasteiger partial charge is 0.330 e. The molecule has 7 heteroatoms. The second-order valence-corrected chi connectivity index (χ2v) is 5.43. The smallest absolute Gasteiger partial charge is 0.276 e. The second-order valence-electron chi connectivity index (χ2n) is 3.50. The quantitative estimate of drug-likeness (QED) is 0.281. The topological polar surface area (TPSA) is 119 Å². The molecule has 1 rings (SSSR count). The number of benzene rings is 1. The van der Waals surface area contributed by atoms with Crippen LogP contribution in [-0.4, -0.2) is 11.5 Å². The fourth-order valence-electron chi connectivity index (χ4n) is 1.45. The Kier molecular flexibility index (Phi) is 4.39. The van der Waals surface area contributed by atoms with Gasteiger partial charge in [-0.1, -0.05) is 22.6 Å². The lowest BCUT2D eigenvalue weighted by atomic mass is 10.0. The predicted octanol–water partition coefficient (Wildman–Crippen LogP) is 1.36. The molecule has 1 aromatic carbocycles. The Morgan fingerprint density at radius 2 is 2.24 bits per heavy atom. The Morgan fingerprint density at radius 3 is 2.71 bits per heavy atom. The van der Waals surface area contributed by atoms with Crippen molar-refractivity contribution in [3.63, 3.8) is 0 Å².